The zero-order chi connectivity index (χ0) is 18.4. The summed E-state index contributed by atoms with van der Waals surface area (Å²) in [6, 6.07) is 15.6. The Morgan fingerprint density at radius 1 is 1.23 bits per heavy atom. The van der Waals surface area contributed by atoms with Gasteiger partial charge in [0.1, 0.15) is 10.8 Å². The number of benzene rings is 2. The Morgan fingerprint density at radius 2 is 2.04 bits per heavy atom. The predicted octanol–water partition coefficient (Wildman–Crippen LogP) is 4.55. The van der Waals surface area contributed by atoms with Crippen LogP contribution in [0.1, 0.15) is 16.1 Å². The SMILES string of the molecule is COc1ccc(Br)cc1/C=C/C(=O)Nc1nnc(Cc2ccccc2)s1. The molecule has 0 aliphatic carbocycles. The maximum Gasteiger partial charge on any atom is 0.250 e. The largest absolute Gasteiger partial charge is 0.496 e. The number of hydrogen-bond donors (Lipinski definition) is 1. The van der Waals surface area contributed by atoms with Crippen LogP contribution in [0.25, 0.3) is 6.08 Å². The number of hydrogen-bond acceptors (Lipinski definition) is 5. The Balaban J connectivity index is 1.63. The van der Waals surface area contributed by atoms with Gasteiger partial charge in [0.15, 0.2) is 0 Å². The lowest BCUT2D eigenvalue weighted by molar-refractivity contribution is -0.111. The number of carbonyl (C=O) groups excluding carboxylic acids is 1. The molecule has 0 bridgehead atoms. The molecule has 3 rings (SSSR count). The minimum absolute atomic E-state index is 0.269. The molecule has 0 aliphatic rings. The lowest BCUT2D eigenvalue weighted by Crippen LogP contribution is -2.07. The average Bonchev–Trinajstić information content (AvgIpc) is 3.07. The van der Waals surface area contributed by atoms with Crippen LogP contribution in [0.3, 0.4) is 0 Å². The molecular formula is C19H16BrN3O2S. The summed E-state index contributed by atoms with van der Waals surface area (Å²) in [5.41, 5.74) is 1.96. The summed E-state index contributed by atoms with van der Waals surface area (Å²) in [5.74, 6) is 0.424. The summed E-state index contributed by atoms with van der Waals surface area (Å²) in [6.07, 6.45) is 3.84. The van der Waals surface area contributed by atoms with E-state index in [1.54, 1.807) is 13.2 Å². The highest BCUT2D eigenvalue weighted by molar-refractivity contribution is 9.10. The van der Waals surface area contributed by atoms with Crippen LogP contribution in [-0.2, 0) is 11.2 Å². The highest BCUT2D eigenvalue weighted by Crippen LogP contribution is 2.24. The molecule has 0 saturated carbocycles. The van der Waals surface area contributed by atoms with Gasteiger partial charge in [0, 0.05) is 22.5 Å². The molecule has 0 aliphatic heterocycles. The number of nitrogens with one attached hydrogen (secondary N) is 1. The Morgan fingerprint density at radius 3 is 2.81 bits per heavy atom. The van der Waals surface area contributed by atoms with E-state index in [1.165, 1.54) is 17.4 Å². The van der Waals surface area contributed by atoms with Crippen molar-refractivity contribution in [3.8, 4) is 5.75 Å². The van der Waals surface area contributed by atoms with E-state index in [-0.39, 0.29) is 5.91 Å². The lowest BCUT2D eigenvalue weighted by Gasteiger charge is -2.04. The van der Waals surface area contributed by atoms with E-state index in [9.17, 15) is 4.79 Å². The van der Waals surface area contributed by atoms with Crippen molar-refractivity contribution in [3.05, 3.63) is 75.2 Å². The molecule has 7 heteroatoms. The summed E-state index contributed by atoms with van der Waals surface area (Å²) in [5, 5.41) is 12.2. The summed E-state index contributed by atoms with van der Waals surface area (Å²) < 4.78 is 6.20. The van der Waals surface area contributed by atoms with Crippen molar-refractivity contribution in [1.29, 1.82) is 0 Å². The first-order chi connectivity index (χ1) is 12.6. The van der Waals surface area contributed by atoms with E-state index in [0.717, 1.165) is 20.6 Å². The number of halogens is 1. The van der Waals surface area contributed by atoms with E-state index < -0.39 is 0 Å². The molecule has 132 valence electrons. The Kier molecular flexibility index (Phi) is 6.14. The van der Waals surface area contributed by atoms with Gasteiger partial charge in [-0.2, -0.15) is 0 Å². The van der Waals surface area contributed by atoms with Crippen LogP contribution in [0.15, 0.2) is 59.1 Å². The van der Waals surface area contributed by atoms with E-state index >= 15 is 0 Å². The van der Waals surface area contributed by atoms with E-state index in [0.29, 0.717) is 17.3 Å². The number of anilines is 1. The molecule has 0 unspecified atom stereocenters. The minimum atomic E-state index is -0.269. The standard InChI is InChI=1S/C19H16BrN3O2S/c1-25-16-9-8-15(20)12-14(16)7-10-17(24)21-19-23-22-18(26-19)11-13-5-3-2-4-6-13/h2-10,12H,11H2,1H3,(H,21,23,24)/b10-7+. The normalized spacial score (nSPS) is 10.8. The molecule has 0 fully saturated rings. The van der Waals surface area contributed by atoms with Crippen molar-refractivity contribution >= 4 is 44.4 Å². The van der Waals surface area contributed by atoms with Crippen molar-refractivity contribution in [3.63, 3.8) is 0 Å². The first kappa shape index (κ1) is 18.3. The van der Waals surface area contributed by atoms with Gasteiger partial charge in [-0.15, -0.1) is 10.2 Å². The molecule has 1 amide bonds. The zero-order valence-electron chi connectivity index (χ0n) is 14.0. The van der Waals surface area contributed by atoms with Gasteiger partial charge >= 0.3 is 0 Å². The van der Waals surface area contributed by atoms with Gasteiger partial charge < -0.3 is 4.74 Å². The first-order valence-corrected chi connectivity index (χ1v) is 9.44. The van der Waals surface area contributed by atoms with Crippen molar-refractivity contribution in [2.24, 2.45) is 0 Å². The number of carbonyl (C=O) groups is 1. The van der Waals surface area contributed by atoms with Crippen LogP contribution in [0, 0.1) is 0 Å². The van der Waals surface area contributed by atoms with Crippen molar-refractivity contribution in [1.82, 2.24) is 10.2 Å². The second kappa shape index (κ2) is 8.73. The highest BCUT2D eigenvalue weighted by Gasteiger charge is 2.07. The number of amides is 1. The predicted molar refractivity (Wildman–Crippen MR) is 108 cm³/mol. The van der Waals surface area contributed by atoms with Gasteiger partial charge in [-0.25, -0.2) is 0 Å². The molecule has 1 aromatic heterocycles. The summed E-state index contributed by atoms with van der Waals surface area (Å²) in [7, 11) is 1.59. The molecule has 3 aromatic rings. The Labute approximate surface area is 163 Å². The monoisotopic (exact) mass is 429 g/mol. The molecule has 2 aromatic carbocycles. The topological polar surface area (TPSA) is 64.1 Å². The van der Waals surface area contributed by atoms with Crippen LogP contribution in [0.2, 0.25) is 0 Å². The lowest BCUT2D eigenvalue weighted by atomic mass is 10.2. The van der Waals surface area contributed by atoms with Gasteiger partial charge in [-0.3, -0.25) is 10.1 Å². The summed E-state index contributed by atoms with van der Waals surface area (Å²) in [4.78, 5) is 12.1. The van der Waals surface area contributed by atoms with Crippen LogP contribution < -0.4 is 10.1 Å². The fourth-order valence-electron chi connectivity index (χ4n) is 2.29. The van der Waals surface area contributed by atoms with Crippen molar-refractivity contribution < 1.29 is 9.53 Å². The van der Waals surface area contributed by atoms with Gasteiger partial charge in [-0.1, -0.05) is 57.6 Å². The van der Waals surface area contributed by atoms with Crippen LogP contribution in [0.5, 0.6) is 5.75 Å². The molecule has 0 saturated heterocycles. The Bertz CT molecular complexity index is 926. The van der Waals surface area contributed by atoms with Crippen LogP contribution in [0.4, 0.5) is 5.13 Å². The van der Waals surface area contributed by atoms with Crippen LogP contribution >= 0.6 is 27.3 Å². The van der Waals surface area contributed by atoms with Crippen molar-refractivity contribution in [2.75, 3.05) is 12.4 Å². The van der Waals surface area contributed by atoms with Gasteiger partial charge in [-0.05, 0) is 29.8 Å². The molecule has 0 radical (unpaired) electrons. The van der Waals surface area contributed by atoms with Gasteiger partial charge in [0.2, 0.25) is 11.0 Å². The quantitative estimate of drug-likeness (QED) is 0.583. The fourth-order valence-corrected chi connectivity index (χ4v) is 3.45. The third kappa shape index (κ3) is 5.00. The number of nitrogens with zero attached hydrogens (tertiary/aromatic N) is 2. The molecule has 0 atom stereocenters. The van der Waals surface area contributed by atoms with Gasteiger partial charge in [0.25, 0.3) is 0 Å². The minimum Gasteiger partial charge on any atom is -0.496 e. The number of aromatic nitrogens is 2. The van der Waals surface area contributed by atoms with E-state index in [1.807, 2.05) is 48.5 Å². The summed E-state index contributed by atoms with van der Waals surface area (Å²) in [6.45, 7) is 0. The Hall–Kier alpha value is -2.51. The average molecular weight is 430 g/mol. The van der Waals surface area contributed by atoms with E-state index in [4.69, 9.17) is 4.74 Å². The highest BCUT2D eigenvalue weighted by atomic mass is 79.9. The second-order valence-corrected chi connectivity index (χ2v) is 7.35. The van der Waals surface area contributed by atoms with Crippen molar-refractivity contribution in [2.45, 2.75) is 6.42 Å². The zero-order valence-corrected chi connectivity index (χ0v) is 16.4. The van der Waals surface area contributed by atoms with Crippen LogP contribution in [-0.4, -0.2) is 23.2 Å². The third-order valence-corrected chi connectivity index (χ3v) is 4.83. The fraction of sp³-hybridized carbons (Fsp3) is 0.105. The molecule has 1 N–H and O–H groups in total. The third-order valence-electron chi connectivity index (χ3n) is 3.50. The smallest absolute Gasteiger partial charge is 0.250 e. The summed E-state index contributed by atoms with van der Waals surface area (Å²) >= 11 is 4.78. The maximum atomic E-state index is 12.1. The second-order valence-electron chi connectivity index (χ2n) is 5.37. The number of methoxy groups -OCH3 is 1. The number of rotatable bonds is 6. The molecule has 5 nitrogen and oxygen atoms in total. The molecular weight excluding hydrogens is 414 g/mol. The van der Waals surface area contributed by atoms with Gasteiger partial charge in [0.05, 0.1) is 7.11 Å². The molecule has 1 heterocycles. The number of ether oxygens (including phenoxy) is 1. The molecule has 0 spiro atoms. The first-order valence-electron chi connectivity index (χ1n) is 7.83. The maximum absolute atomic E-state index is 12.1. The van der Waals surface area contributed by atoms with E-state index in [2.05, 4.69) is 31.4 Å². The molecule has 26 heavy (non-hydrogen) atoms.